The molecule has 5 aliphatic carbocycles. The molecule has 3 heteroatoms. The van der Waals surface area contributed by atoms with Crippen molar-refractivity contribution in [3.8, 4) is 0 Å². The van der Waals surface area contributed by atoms with Gasteiger partial charge in [0.1, 0.15) is 0 Å². The van der Waals surface area contributed by atoms with Crippen molar-refractivity contribution in [2.75, 3.05) is 0 Å². The van der Waals surface area contributed by atoms with Gasteiger partial charge in [0.05, 0.1) is 5.92 Å². The lowest BCUT2D eigenvalue weighted by Gasteiger charge is -2.57. The third-order valence-electron chi connectivity index (χ3n) is 9.85. The Morgan fingerprint density at radius 2 is 1.61 bits per heavy atom. The van der Waals surface area contributed by atoms with Gasteiger partial charge in [0.25, 0.3) is 0 Å². The normalized spacial score (nSPS) is 51.6. The van der Waals surface area contributed by atoms with Gasteiger partial charge in [0.2, 0.25) is 0 Å². The Labute approximate surface area is 169 Å². The number of rotatable bonds is 2. The third kappa shape index (κ3) is 3.09. The first-order valence-electron chi connectivity index (χ1n) is 12.0. The number of hydrogen-bond donors (Lipinski definition) is 0. The van der Waals surface area contributed by atoms with Gasteiger partial charge in [-0.05, 0) is 111 Å². The average molecular weight is 397 g/mol. The molecule has 28 heavy (non-hydrogen) atoms. The first-order valence-corrected chi connectivity index (χ1v) is 12.0. The first kappa shape index (κ1) is 20.8. The molecule has 5 rings (SSSR count). The molecule has 10 atom stereocenters. The molecule has 0 amide bonds. The summed E-state index contributed by atoms with van der Waals surface area (Å²) in [5, 5.41) is 0. The summed E-state index contributed by atoms with van der Waals surface area (Å²) in [4.78, 5) is 0. The summed E-state index contributed by atoms with van der Waals surface area (Å²) in [7, 11) is 0. The summed E-state index contributed by atoms with van der Waals surface area (Å²) >= 11 is 0. The third-order valence-corrected chi connectivity index (χ3v) is 9.85. The molecule has 0 bridgehead atoms. The van der Waals surface area contributed by atoms with Crippen LogP contribution in [0, 0.1) is 58.7 Å². The Hall–Kier alpha value is -0.470. The Kier molecular flexibility index (Phi) is 5.45. The first-order chi connectivity index (χ1) is 13.3. The minimum absolute atomic E-state index is 0.348. The molecule has 0 nitrogen and oxygen atoms in total. The van der Waals surface area contributed by atoms with Crippen LogP contribution >= 0.6 is 0 Å². The lowest BCUT2D eigenvalue weighted by molar-refractivity contribution is -0.196. The molecule has 0 aromatic rings. The zero-order chi connectivity index (χ0) is 20.3. The van der Waals surface area contributed by atoms with E-state index in [4.69, 9.17) is 0 Å². The van der Waals surface area contributed by atoms with E-state index in [1.807, 2.05) is 13.8 Å². The fourth-order valence-corrected chi connectivity index (χ4v) is 8.89. The molecular formula is C25H39F3. The van der Waals surface area contributed by atoms with Crippen LogP contribution in [0.4, 0.5) is 13.2 Å². The summed E-state index contributed by atoms with van der Waals surface area (Å²) in [5.41, 5.74) is 0.485. The van der Waals surface area contributed by atoms with Crippen LogP contribution in [-0.2, 0) is 0 Å². The van der Waals surface area contributed by atoms with Crippen LogP contribution in [-0.4, -0.2) is 6.18 Å². The van der Waals surface area contributed by atoms with E-state index in [-0.39, 0.29) is 0 Å². The van der Waals surface area contributed by atoms with Crippen molar-refractivity contribution in [1.29, 1.82) is 0 Å². The molecule has 0 spiro atoms. The van der Waals surface area contributed by atoms with Crippen molar-refractivity contribution >= 4 is 0 Å². The highest BCUT2D eigenvalue weighted by molar-refractivity contribution is 5.17. The molecule has 0 aliphatic heterocycles. The number of halogens is 3. The van der Waals surface area contributed by atoms with Gasteiger partial charge >= 0.3 is 6.18 Å². The Morgan fingerprint density at radius 3 is 2.29 bits per heavy atom. The second-order valence-electron chi connectivity index (χ2n) is 10.6. The monoisotopic (exact) mass is 396 g/mol. The van der Waals surface area contributed by atoms with E-state index in [0.29, 0.717) is 30.1 Å². The van der Waals surface area contributed by atoms with E-state index in [0.717, 1.165) is 48.3 Å². The SMILES string of the molecule is C=CCC1[C@H]2C[C@H]2C2[C@@H]3CC[C@@H]4C[C@@H](C(F)(F)F)CC[C@@H]4C3CC[C@]12C.CC. The molecule has 3 unspecified atom stereocenters. The summed E-state index contributed by atoms with van der Waals surface area (Å²) in [5.74, 6) is 5.00. The van der Waals surface area contributed by atoms with E-state index in [2.05, 4.69) is 19.6 Å². The number of allylic oxidation sites excluding steroid dienone is 1. The quantitative estimate of drug-likeness (QED) is 0.416. The number of alkyl halides is 3. The van der Waals surface area contributed by atoms with Gasteiger partial charge in [-0.3, -0.25) is 0 Å². The van der Waals surface area contributed by atoms with Crippen LogP contribution < -0.4 is 0 Å². The average Bonchev–Trinajstić information content (AvgIpc) is 3.40. The summed E-state index contributed by atoms with van der Waals surface area (Å²) in [6.07, 6.45) is 7.27. The second kappa shape index (κ2) is 7.34. The van der Waals surface area contributed by atoms with Gasteiger partial charge < -0.3 is 0 Å². The van der Waals surface area contributed by atoms with Crippen LogP contribution in [0.1, 0.15) is 78.6 Å². The summed E-state index contributed by atoms with van der Waals surface area (Å²) < 4.78 is 39.7. The molecule has 5 aliphatic rings. The topological polar surface area (TPSA) is 0 Å². The molecule has 5 fully saturated rings. The zero-order valence-electron chi connectivity index (χ0n) is 18.0. The van der Waals surface area contributed by atoms with Gasteiger partial charge in [-0.1, -0.05) is 26.8 Å². The van der Waals surface area contributed by atoms with Crippen molar-refractivity contribution in [2.24, 2.45) is 58.7 Å². The van der Waals surface area contributed by atoms with Gasteiger partial charge in [-0.25, -0.2) is 0 Å². The number of fused-ring (bicyclic) bond motifs is 7. The predicted molar refractivity (Wildman–Crippen MR) is 109 cm³/mol. The van der Waals surface area contributed by atoms with E-state index in [9.17, 15) is 13.2 Å². The zero-order valence-corrected chi connectivity index (χ0v) is 18.0. The number of hydrogen-bond acceptors (Lipinski definition) is 0. The highest BCUT2D eigenvalue weighted by atomic mass is 19.4. The van der Waals surface area contributed by atoms with Crippen molar-refractivity contribution in [2.45, 2.75) is 84.7 Å². The minimum atomic E-state index is -3.97. The maximum absolute atomic E-state index is 13.2. The Bertz CT molecular complexity index is 581. The standard InChI is InChI=1S/C23H33F3.C2H6/c1-3-4-20-18-12-19(18)21-17-7-5-13-11-14(23(24,25)26)6-8-15(13)16(17)9-10-22(20,21)2;1-2/h3,13-21H,1,4-12H2,2H3;1-2H3/t13-,14+,15+,16?,17-,18+,19-,20?,21?,22-;/m1./s1. The molecule has 0 aromatic heterocycles. The molecule has 0 radical (unpaired) electrons. The van der Waals surface area contributed by atoms with Crippen LogP contribution in [0.15, 0.2) is 12.7 Å². The van der Waals surface area contributed by atoms with Crippen LogP contribution in [0.5, 0.6) is 0 Å². The van der Waals surface area contributed by atoms with Crippen molar-refractivity contribution in [3.05, 3.63) is 12.7 Å². The second-order valence-corrected chi connectivity index (χ2v) is 10.6. The fraction of sp³-hybridized carbons (Fsp3) is 0.920. The maximum atomic E-state index is 13.2. The van der Waals surface area contributed by atoms with Gasteiger partial charge in [0, 0.05) is 0 Å². The molecular weight excluding hydrogens is 357 g/mol. The highest BCUT2D eigenvalue weighted by Gasteiger charge is 2.68. The van der Waals surface area contributed by atoms with E-state index in [1.54, 1.807) is 0 Å². The van der Waals surface area contributed by atoms with Crippen LogP contribution in [0.25, 0.3) is 0 Å². The van der Waals surface area contributed by atoms with Crippen LogP contribution in [0.2, 0.25) is 0 Å². The van der Waals surface area contributed by atoms with E-state index in [1.165, 1.54) is 32.1 Å². The molecule has 160 valence electrons. The van der Waals surface area contributed by atoms with Gasteiger partial charge in [-0.2, -0.15) is 13.2 Å². The Balaban J connectivity index is 0.000000932. The lowest BCUT2D eigenvalue weighted by atomic mass is 9.48. The fourth-order valence-electron chi connectivity index (χ4n) is 8.89. The van der Waals surface area contributed by atoms with Crippen molar-refractivity contribution < 1.29 is 13.2 Å². The minimum Gasteiger partial charge on any atom is -0.171 e. The maximum Gasteiger partial charge on any atom is 0.391 e. The predicted octanol–water partition coefficient (Wildman–Crippen LogP) is 7.89. The van der Waals surface area contributed by atoms with E-state index < -0.39 is 12.1 Å². The smallest absolute Gasteiger partial charge is 0.171 e. The van der Waals surface area contributed by atoms with Gasteiger partial charge in [0.15, 0.2) is 0 Å². The summed E-state index contributed by atoms with van der Waals surface area (Å²) in [6, 6.07) is 0. The van der Waals surface area contributed by atoms with Crippen LogP contribution in [0.3, 0.4) is 0 Å². The van der Waals surface area contributed by atoms with Crippen molar-refractivity contribution in [1.82, 2.24) is 0 Å². The molecule has 0 N–H and O–H groups in total. The molecule has 5 saturated carbocycles. The van der Waals surface area contributed by atoms with Crippen molar-refractivity contribution in [3.63, 3.8) is 0 Å². The summed E-state index contributed by atoms with van der Waals surface area (Å²) in [6.45, 7) is 10.6. The highest BCUT2D eigenvalue weighted by Crippen LogP contribution is 2.75. The molecule has 0 heterocycles. The lowest BCUT2D eigenvalue weighted by Crippen LogP contribution is -2.50. The largest absolute Gasteiger partial charge is 0.391 e. The van der Waals surface area contributed by atoms with Gasteiger partial charge in [-0.15, -0.1) is 6.58 Å². The Morgan fingerprint density at radius 1 is 0.893 bits per heavy atom. The molecule has 0 saturated heterocycles. The molecule has 0 aromatic carbocycles. The van der Waals surface area contributed by atoms with E-state index >= 15 is 0 Å².